The van der Waals surface area contributed by atoms with Crippen molar-refractivity contribution >= 4 is 41.3 Å². The van der Waals surface area contributed by atoms with E-state index in [9.17, 15) is 0 Å². The highest BCUT2D eigenvalue weighted by Gasteiger charge is 2.24. The van der Waals surface area contributed by atoms with Crippen molar-refractivity contribution in [2.75, 3.05) is 40.3 Å². The van der Waals surface area contributed by atoms with Crippen molar-refractivity contribution < 1.29 is 0 Å². The van der Waals surface area contributed by atoms with Gasteiger partial charge < -0.3 is 10.2 Å². The second-order valence-corrected chi connectivity index (χ2v) is 7.65. The molecule has 138 valence electrons. The molecule has 1 aromatic heterocycles. The molecule has 0 amide bonds. The predicted octanol–water partition coefficient (Wildman–Crippen LogP) is 3.54. The molecule has 0 aliphatic carbocycles. The summed E-state index contributed by atoms with van der Waals surface area (Å²) in [5.74, 6) is 1.63. The van der Waals surface area contributed by atoms with Crippen LogP contribution in [0.1, 0.15) is 31.6 Å². The first-order valence-corrected chi connectivity index (χ1v) is 9.70. The average Bonchev–Trinajstić information content (AvgIpc) is 3.19. The maximum absolute atomic E-state index is 4.47. The minimum atomic E-state index is 0. The topological polar surface area (TPSA) is 30.9 Å². The third kappa shape index (κ3) is 6.52. The first-order valence-electron chi connectivity index (χ1n) is 8.82. The van der Waals surface area contributed by atoms with E-state index in [0.29, 0.717) is 12.0 Å². The van der Waals surface area contributed by atoms with Crippen LogP contribution in [0, 0.1) is 5.92 Å². The van der Waals surface area contributed by atoms with Crippen LogP contribution in [-0.4, -0.2) is 62.1 Å². The Bertz CT molecular complexity index is 477. The molecule has 1 aliphatic rings. The quantitative estimate of drug-likeness (QED) is 0.381. The number of halogens is 1. The average molecular weight is 464 g/mol. The van der Waals surface area contributed by atoms with Crippen LogP contribution in [0.2, 0.25) is 0 Å². The second kappa shape index (κ2) is 11.3. The lowest BCUT2D eigenvalue weighted by Gasteiger charge is -2.30. The van der Waals surface area contributed by atoms with Gasteiger partial charge in [0.25, 0.3) is 0 Å². The van der Waals surface area contributed by atoms with Crippen molar-refractivity contribution in [1.29, 1.82) is 0 Å². The van der Waals surface area contributed by atoms with Crippen LogP contribution >= 0.6 is 35.3 Å². The van der Waals surface area contributed by atoms with Gasteiger partial charge in [0.15, 0.2) is 5.96 Å². The molecular weight excluding hydrogens is 431 g/mol. The Kier molecular flexibility index (Phi) is 10.2. The minimum Gasteiger partial charge on any atom is -0.356 e. The van der Waals surface area contributed by atoms with Crippen LogP contribution in [0.3, 0.4) is 0 Å². The number of nitrogens with one attached hydrogen (secondary N) is 1. The molecule has 2 unspecified atom stereocenters. The van der Waals surface area contributed by atoms with Crippen molar-refractivity contribution in [2.24, 2.45) is 10.9 Å². The fraction of sp³-hybridized carbons (Fsp3) is 0.722. The summed E-state index contributed by atoms with van der Waals surface area (Å²) in [7, 11) is 4.04. The van der Waals surface area contributed by atoms with E-state index in [2.05, 4.69) is 58.5 Å². The van der Waals surface area contributed by atoms with Gasteiger partial charge in [-0.3, -0.25) is 9.89 Å². The molecule has 2 atom stereocenters. The number of hydrogen-bond acceptors (Lipinski definition) is 3. The summed E-state index contributed by atoms with van der Waals surface area (Å²) >= 11 is 1.85. The zero-order chi connectivity index (χ0) is 16.7. The molecule has 0 radical (unpaired) electrons. The van der Waals surface area contributed by atoms with E-state index in [-0.39, 0.29) is 24.0 Å². The van der Waals surface area contributed by atoms with Crippen LogP contribution in [0.25, 0.3) is 0 Å². The number of guanidine groups is 1. The van der Waals surface area contributed by atoms with Crippen molar-refractivity contribution in [2.45, 2.75) is 39.2 Å². The van der Waals surface area contributed by atoms with Crippen molar-refractivity contribution in [3.05, 3.63) is 22.4 Å². The zero-order valence-corrected chi connectivity index (χ0v) is 18.6. The van der Waals surface area contributed by atoms with E-state index in [0.717, 1.165) is 32.0 Å². The molecule has 1 saturated heterocycles. The SMILES string of the molecule is CCN1CCCC1CN(C)C(=NC)NCC(C)Cc1cccs1.I. The number of likely N-dealkylation sites (tertiary alicyclic amines) is 1. The number of hydrogen-bond donors (Lipinski definition) is 1. The van der Waals surface area contributed by atoms with E-state index in [1.807, 2.05) is 18.4 Å². The third-order valence-electron chi connectivity index (χ3n) is 4.70. The molecule has 0 spiro atoms. The minimum absolute atomic E-state index is 0. The predicted molar refractivity (Wildman–Crippen MR) is 117 cm³/mol. The highest BCUT2D eigenvalue weighted by Crippen LogP contribution is 2.17. The maximum atomic E-state index is 4.47. The van der Waals surface area contributed by atoms with E-state index < -0.39 is 0 Å². The molecule has 6 heteroatoms. The van der Waals surface area contributed by atoms with Crippen LogP contribution in [0.4, 0.5) is 0 Å². The largest absolute Gasteiger partial charge is 0.356 e. The Labute approximate surface area is 168 Å². The molecular formula is C18H33IN4S. The number of likely N-dealkylation sites (N-methyl/N-ethyl adjacent to an activating group) is 2. The van der Waals surface area contributed by atoms with Gasteiger partial charge >= 0.3 is 0 Å². The van der Waals surface area contributed by atoms with Crippen molar-refractivity contribution in [3.63, 3.8) is 0 Å². The Morgan fingerprint density at radius 2 is 2.33 bits per heavy atom. The zero-order valence-electron chi connectivity index (χ0n) is 15.5. The van der Waals surface area contributed by atoms with E-state index in [4.69, 9.17) is 0 Å². The van der Waals surface area contributed by atoms with Gasteiger partial charge in [-0.15, -0.1) is 35.3 Å². The van der Waals surface area contributed by atoms with Gasteiger partial charge in [-0.2, -0.15) is 0 Å². The standard InChI is InChI=1S/C18H32N4S.HI/c1-5-22-10-6-8-16(22)14-21(4)18(19-3)20-13-15(2)12-17-9-7-11-23-17;/h7,9,11,15-16H,5-6,8,10,12-14H2,1-4H3,(H,19,20);1H. The highest BCUT2D eigenvalue weighted by molar-refractivity contribution is 14.0. The molecule has 1 N–H and O–H groups in total. The molecule has 4 nitrogen and oxygen atoms in total. The van der Waals surface area contributed by atoms with E-state index in [1.165, 1.54) is 24.3 Å². The number of aliphatic imine (C=N–C) groups is 1. The van der Waals surface area contributed by atoms with Gasteiger partial charge in [0, 0.05) is 38.1 Å². The van der Waals surface area contributed by atoms with Gasteiger partial charge in [-0.1, -0.05) is 19.9 Å². The van der Waals surface area contributed by atoms with Crippen molar-refractivity contribution in [1.82, 2.24) is 15.1 Å². The number of nitrogens with zero attached hydrogens (tertiary/aromatic N) is 3. The lowest BCUT2D eigenvalue weighted by atomic mass is 10.1. The molecule has 1 aliphatic heterocycles. The second-order valence-electron chi connectivity index (χ2n) is 6.62. The molecule has 24 heavy (non-hydrogen) atoms. The summed E-state index contributed by atoms with van der Waals surface area (Å²) in [5, 5.41) is 5.71. The summed E-state index contributed by atoms with van der Waals surface area (Å²) in [6.45, 7) is 9.00. The molecule has 1 aromatic rings. The molecule has 0 aromatic carbocycles. The normalized spacial score (nSPS) is 19.8. The van der Waals surface area contributed by atoms with Gasteiger partial charge in [0.05, 0.1) is 0 Å². The van der Waals surface area contributed by atoms with Crippen LogP contribution in [0.5, 0.6) is 0 Å². The summed E-state index contributed by atoms with van der Waals surface area (Å²) in [6.07, 6.45) is 3.78. The fourth-order valence-corrected chi connectivity index (χ4v) is 4.29. The first-order chi connectivity index (χ1) is 11.1. The molecule has 2 heterocycles. The third-order valence-corrected chi connectivity index (χ3v) is 5.60. The van der Waals surface area contributed by atoms with E-state index in [1.54, 1.807) is 0 Å². The van der Waals surface area contributed by atoms with E-state index >= 15 is 0 Å². The van der Waals surface area contributed by atoms with Gasteiger partial charge in [-0.25, -0.2) is 0 Å². The Morgan fingerprint density at radius 3 is 2.96 bits per heavy atom. The molecule has 1 fully saturated rings. The fourth-order valence-electron chi connectivity index (χ4n) is 3.42. The summed E-state index contributed by atoms with van der Waals surface area (Å²) in [6, 6.07) is 5.03. The number of thiophene rings is 1. The Hall–Kier alpha value is -0.340. The molecule has 0 saturated carbocycles. The smallest absolute Gasteiger partial charge is 0.193 e. The molecule has 2 rings (SSSR count). The lowest BCUT2D eigenvalue weighted by molar-refractivity contribution is 0.232. The lowest BCUT2D eigenvalue weighted by Crippen LogP contribution is -2.46. The number of rotatable bonds is 7. The summed E-state index contributed by atoms with van der Waals surface area (Å²) < 4.78 is 0. The van der Waals surface area contributed by atoms with Crippen LogP contribution < -0.4 is 5.32 Å². The summed E-state index contributed by atoms with van der Waals surface area (Å²) in [5.41, 5.74) is 0. The van der Waals surface area contributed by atoms with Gasteiger partial charge in [-0.05, 0) is 49.7 Å². The highest BCUT2D eigenvalue weighted by atomic mass is 127. The maximum Gasteiger partial charge on any atom is 0.193 e. The van der Waals surface area contributed by atoms with Crippen LogP contribution in [-0.2, 0) is 6.42 Å². The van der Waals surface area contributed by atoms with Crippen LogP contribution in [0.15, 0.2) is 22.5 Å². The Morgan fingerprint density at radius 1 is 1.54 bits per heavy atom. The molecule has 0 bridgehead atoms. The first kappa shape index (κ1) is 21.7. The van der Waals surface area contributed by atoms with Crippen molar-refractivity contribution in [3.8, 4) is 0 Å². The van der Waals surface area contributed by atoms with Gasteiger partial charge in [0.2, 0.25) is 0 Å². The Balaban J connectivity index is 0.00000288. The van der Waals surface area contributed by atoms with Gasteiger partial charge in [0.1, 0.15) is 0 Å². The summed E-state index contributed by atoms with van der Waals surface area (Å²) in [4.78, 5) is 10.8. The monoisotopic (exact) mass is 464 g/mol.